The molecule has 1 aliphatic heterocycles. The molecule has 0 bridgehead atoms. The van der Waals surface area contributed by atoms with Gasteiger partial charge in [0.05, 0.1) is 33.8 Å². The zero-order chi connectivity index (χ0) is 22.0. The van der Waals surface area contributed by atoms with Crippen LogP contribution >= 0.6 is 7.29 Å². The predicted octanol–water partition coefficient (Wildman–Crippen LogP) is 4.06. The van der Waals surface area contributed by atoms with Gasteiger partial charge in [-0.25, -0.2) is 0 Å². The van der Waals surface area contributed by atoms with E-state index in [1.165, 1.54) is 7.11 Å². The summed E-state index contributed by atoms with van der Waals surface area (Å²) >= 11 is 0. The average Bonchev–Trinajstić information content (AvgIpc) is 3.07. The SMILES string of the molecule is COC(=O)CC1c2cc(OC)ccc2P(=O)(c2ccc(OC)cc2)N1c1ccccc1. The number of benzene rings is 3. The molecule has 0 N–H and O–H groups in total. The van der Waals surface area contributed by atoms with Crippen molar-refractivity contribution in [3.8, 4) is 11.5 Å². The van der Waals surface area contributed by atoms with Gasteiger partial charge in [-0.05, 0) is 60.2 Å². The largest absolute Gasteiger partial charge is 0.497 e. The van der Waals surface area contributed by atoms with E-state index in [4.69, 9.17) is 14.2 Å². The Balaban J connectivity index is 1.98. The summed E-state index contributed by atoms with van der Waals surface area (Å²) in [5.41, 5.74) is 1.57. The van der Waals surface area contributed by atoms with Crippen molar-refractivity contribution in [2.24, 2.45) is 0 Å². The molecule has 0 fully saturated rings. The fraction of sp³-hybridized carbons (Fsp3) is 0.208. The molecule has 2 unspecified atom stereocenters. The molecule has 3 aromatic rings. The van der Waals surface area contributed by atoms with Gasteiger partial charge < -0.3 is 18.9 Å². The molecular weight excluding hydrogens is 413 g/mol. The van der Waals surface area contributed by atoms with Crippen molar-refractivity contribution in [2.75, 3.05) is 26.0 Å². The Kier molecular flexibility index (Phi) is 5.75. The monoisotopic (exact) mass is 437 g/mol. The van der Waals surface area contributed by atoms with Crippen LogP contribution in [-0.2, 0) is 14.1 Å². The van der Waals surface area contributed by atoms with E-state index >= 15 is 0 Å². The normalized spacial score (nSPS) is 19.6. The number of carbonyl (C=O) groups is 1. The number of esters is 1. The van der Waals surface area contributed by atoms with Crippen molar-refractivity contribution < 1.29 is 23.6 Å². The maximum Gasteiger partial charge on any atom is 0.307 e. The van der Waals surface area contributed by atoms with Gasteiger partial charge >= 0.3 is 5.97 Å². The summed E-state index contributed by atoms with van der Waals surface area (Å²) in [4.78, 5) is 12.4. The second kappa shape index (κ2) is 8.48. The molecule has 2 atom stereocenters. The Morgan fingerprint density at radius 2 is 1.55 bits per heavy atom. The lowest BCUT2D eigenvalue weighted by Gasteiger charge is -2.32. The number of carbonyl (C=O) groups excluding carboxylic acids is 1. The zero-order valence-electron chi connectivity index (χ0n) is 17.6. The van der Waals surface area contributed by atoms with E-state index in [0.29, 0.717) is 22.1 Å². The zero-order valence-corrected chi connectivity index (χ0v) is 18.5. The molecule has 31 heavy (non-hydrogen) atoms. The van der Waals surface area contributed by atoms with Crippen molar-refractivity contribution in [1.29, 1.82) is 0 Å². The van der Waals surface area contributed by atoms with Crippen LogP contribution < -0.4 is 24.8 Å². The van der Waals surface area contributed by atoms with Crippen molar-refractivity contribution in [2.45, 2.75) is 12.5 Å². The Morgan fingerprint density at radius 3 is 2.16 bits per heavy atom. The second-order valence-electron chi connectivity index (χ2n) is 7.17. The molecule has 6 nitrogen and oxygen atoms in total. The number of anilines is 1. The summed E-state index contributed by atoms with van der Waals surface area (Å²) in [6, 6.07) is 21.8. The van der Waals surface area contributed by atoms with Crippen LogP contribution in [0.1, 0.15) is 18.0 Å². The number of methoxy groups -OCH3 is 3. The summed E-state index contributed by atoms with van der Waals surface area (Å²) in [7, 11) is 1.23. The first-order chi connectivity index (χ1) is 15.0. The number of hydrogen-bond acceptors (Lipinski definition) is 5. The second-order valence-corrected chi connectivity index (χ2v) is 9.76. The fourth-order valence-corrected chi connectivity index (χ4v) is 7.26. The quantitative estimate of drug-likeness (QED) is 0.428. The highest BCUT2D eigenvalue weighted by atomic mass is 31.2. The molecule has 0 saturated carbocycles. The highest BCUT2D eigenvalue weighted by molar-refractivity contribution is 7.80. The van der Waals surface area contributed by atoms with Gasteiger partial charge in [-0.1, -0.05) is 18.2 Å². The number of ether oxygens (including phenoxy) is 3. The molecular formula is C24H24NO5P. The van der Waals surface area contributed by atoms with Crippen LogP contribution in [0.2, 0.25) is 0 Å². The minimum atomic E-state index is -3.31. The van der Waals surface area contributed by atoms with Crippen LogP contribution in [0.3, 0.4) is 0 Å². The summed E-state index contributed by atoms with van der Waals surface area (Å²) < 4.78 is 32.5. The van der Waals surface area contributed by atoms with Crippen molar-refractivity contribution in [1.82, 2.24) is 0 Å². The fourth-order valence-electron chi connectivity index (χ4n) is 4.06. The topological polar surface area (TPSA) is 65.1 Å². The van der Waals surface area contributed by atoms with Gasteiger partial charge in [0.1, 0.15) is 11.5 Å². The molecule has 1 heterocycles. The molecule has 4 rings (SSSR count). The van der Waals surface area contributed by atoms with Gasteiger partial charge in [0, 0.05) is 16.3 Å². The van der Waals surface area contributed by atoms with E-state index in [1.807, 2.05) is 59.3 Å². The van der Waals surface area contributed by atoms with E-state index in [9.17, 15) is 9.36 Å². The predicted molar refractivity (Wildman–Crippen MR) is 121 cm³/mol. The maximum absolute atomic E-state index is 14.9. The van der Waals surface area contributed by atoms with Crippen molar-refractivity contribution >= 4 is 29.6 Å². The average molecular weight is 437 g/mol. The van der Waals surface area contributed by atoms with E-state index < -0.39 is 13.3 Å². The summed E-state index contributed by atoms with van der Waals surface area (Å²) in [6.07, 6.45) is 0.0612. The van der Waals surface area contributed by atoms with Crippen molar-refractivity contribution in [3.63, 3.8) is 0 Å². The Hall–Kier alpha value is -3.24. The first-order valence-electron chi connectivity index (χ1n) is 9.87. The molecule has 3 aromatic carbocycles. The standard InChI is InChI=1S/C24H24NO5P/c1-28-18-9-12-20(13-10-18)31(27)23-14-11-19(29-2)15-21(23)22(16-24(26)30-3)25(31)17-7-5-4-6-8-17/h4-15,22H,16H2,1-3H3. The van der Waals surface area contributed by atoms with Crippen LogP contribution in [-0.4, -0.2) is 27.3 Å². The van der Waals surface area contributed by atoms with Crippen LogP contribution in [0.25, 0.3) is 0 Å². The minimum Gasteiger partial charge on any atom is -0.497 e. The summed E-state index contributed by atoms with van der Waals surface area (Å²) in [5.74, 6) is 0.953. The van der Waals surface area contributed by atoms with E-state index in [0.717, 1.165) is 11.3 Å². The van der Waals surface area contributed by atoms with Crippen LogP contribution in [0.4, 0.5) is 5.69 Å². The lowest BCUT2D eigenvalue weighted by Crippen LogP contribution is -2.28. The number of para-hydroxylation sites is 1. The lowest BCUT2D eigenvalue weighted by molar-refractivity contribution is -0.141. The summed E-state index contributed by atoms with van der Waals surface area (Å²) in [5, 5.41) is 1.35. The Labute approximate surface area is 181 Å². The van der Waals surface area contributed by atoms with Gasteiger partial charge in [-0.3, -0.25) is 9.36 Å². The number of hydrogen-bond donors (Lipinski definition) is 0. The van der Waals surface area contributed by atoms with Gasteiger partial charge in [-0.2, -0.15) is 0 Å². The number of fused-ring (bicyclic) bond motifs is 1. The molecule has 1 aliphatic rings. The smallest absolute Gasteiger partial charge is 0.307 e. The van der Waals surface area contributed by atoms with Gasteiger partial charge in [0.15, 0.2) is 0 Å². The van der Waals surface area contributed by atoms with Gasteiger partial charge in [0.2, 0.25) is 7.29 Å². The number of rotatable bonds is 6. The third-order valence-corrected chi connectivity index (χ3v) is 8.72. The van der Waals surface area contributed by atoms with Crippen LogP contribution in [0.5, 0.6) is 11.5 Å². The minimum absolute atomic E-state index is 0.0612. The highest BCUT2D eigenvalue weighted by Gasteiger charge is 2.49. The molecule has 0 saturated heterocycles. The molecule has 0 aliphatic carbocycles. The van der Waals surface area contributed by atoms with E-state index in [2.05, 4.69) is 0 Å². The van der Waals surface area contributed by atoms with Gasteiger partial charge in [0.25, 0.3) is 0 Å². The third kappa shape index (κ3) is 3.57. The van der Waals surface area contributed by atoms with E-state index in [-0.39, 0.29) is 12.4 Å². The Bertz CT molecular complexity index is 1130. The first kappa shape index (κ1) is 21.0. The maximum atomic E-state index is 14.9. The van der Waals surface area contributed by atoms with E-state index in [1.54, 1.807) is 32.4 Å². The molecule has 160 valence electrons. The third-order valence-electron chi connectivity index (χ3n) is 5.55. The lowest BCUT2D eigenvalue weighted by atomic mass is 10.0. The summed E-state index contributed by atoms with van der Waals surface area (Å²) in [6.45, 7) is 0. The first-order valence-corrected chi connectivity index (χ1v) is 11.5. The van der Waals surface area contributed by atoms with Gasteiger partial charge in [-0.15, -0.1) is 0 Å². The number of nitrogens with zero attached hydrogens (tertiary/aromatic N) is 1. The highest BCUT2D eigenvalue weighted by Crippen LogP contribution is 2.61. The molecule has 7 heteroatoms. The van der Waals surface area contributed by atoms with Crippen LogP contribution in [0, 0.1) is 0 Å². The van der Waals surface area contributed by atoms with Crippen LogP contribution in [0.15, 0.2) is 72.8 Å². The molecule has 0 spiro atoms. The molecule has 0 radical (unpaired) electrons. The molecule has 0 aromatic heterocycles. The van der Waals surface area contributed by atoms with Crippen molar-refractivity contribution in [3.05, 3.63) is 78.4 Å². The molecule has 0 amide bonds. The Morgan fingerprint density at radius 1 is 0.903 bits per heavy atom.